The van der Waals surface area contributed by atoms with Crippen LogP contribution in [0.5, 0.6) is 0 Å². The Balaban J connectivity index is 1.73. The highest BCUT2D eigenvalue weighted by Crippen LogP contribution is 2.21. The molecular formula is C17H15NO5S. The van der Waals surface area contributed by atoms with E-state index in [0.29, 0.717) is 16.7 Å². The van der Waals surface area contributed by atoms with Crippen molar-refractivity contribution in [2.75, 3.05) is 6.61 Å². The molecule has 3 rings (SSSR count). The zero-order valence-electron chi connectivity index (χ0n) is 12.9. The fourth-order valence-electron chi connectivity index (χ4n) is 2.53. The zero-order valence-corrected chi connectivity index (χ0v) is 13.7. The van der Waals surface area contributed by atoms with Crippen LogP contribution < -0.4 is 5.32 Å². The molecule has 2 aromatic carbocycles. The van der Waals surface area contributed by atoms with Gasteiger partial charge in [0.25, 0.3) is 21.9 Å². The number of imide groups is 1. The van der Waals surface area contributed by atoms with Gasteiger partial charge in [-0.1, -0.05) is 29.8 Å². The number of hydrogen-bond acceptors (Lipinski definition) is 5. The molecule has 1 aliphatic rings. The van der Waals surface area contributed by atoms with Gasteiger partial charge < -0.3 is 0 Å². The van der Waals surface area contributed by atoms with Crippen LogP contribution in [0.4, 0.5) is 0 Å². The normalized spacial score (nSPS) is 13.7. The summed E-state index contributed by atoms with van der Waals surface area (Å²) in [6, 6.07) is 11.2. The number of aryl methyl sites for hydroxylation is 1. The molecule has 1 N–H and O–H groups in total. The summed E-state index contributed by atoms with van der Waals surface area (Å²) in [6.07, 6.45) is 0.203. The molecule has 0 saturated heterocycles. The lowest BCUT2D eigenvalue weighted by Crippen LogP contribution is -2.20. The van der Waals surface area contributed by atoms with Crippen LogP contribution in [-0.2, 0) is 20.7 Å². The Morgan fingerprint density at radius 1 is 1.00 bits per heavy atom. The summed E-state index contributed by atoms with van der Waals surface area (Å²) in [4.78, 5) is 23.5. The van der Waals surface area contributed by atoms with E-state index in [1.165, 1.54) is 12.1 Å². The Morgan fingerprint density at radius 2 is 1.71 bits per heavy atom. The predicted molar refractivity (Wildman–Crippen MR) is 86.3 cm³/mol. The molecule has 0 spiro atoms. The largest absolute Gasteiger partial charge is 0.296 e. The number of hydrogen-bond donors (Lipinski definition) is 1. The lowest BCUT2D eigenvalue weighted by atomic mass is 10.0. The van der Waals surface area contributed by atoms with Gasteiger partial charge in [-0.2, -0.15) is 8.42 Å². The molecule has 0 fully saturated rings. The molecule has 6 nitrogen and oxygen atoms in total. The average molecular weight is 345 g/mol. The second-order valence-electron chi connectivity index (χ2n) is 5.46. The van der Waals surface area contributed by atoms with Crippen molar-refractivity contribution in [2.45, 2.75) is 18.2 Å². The highest BCUT2D eigenvalue weighted by Gasteiger charge is 2.29. The van der Waals surface area contributed by atoms with E-state index >= 15 is 0 Å². The van der Waals surface area contributed by atoms with Gasteiger partial charge in [0, 0.05) is 0 Å². The maximum absolute atomic E-state index is 12.1. The summed E-state index contributed by atoms with van der Waals surface area (Å²) in [5, 5.41) is 2.22. The summed E-state index contributed by atoms with van der Waals surface area (Å²) >= 11 is 0. The number of benzene rings is 2. The number of rotatable bonds is 5. The number of nitrogens with one attached hydrogen (secondary N) is 1. The topological polar surface area (TPSA) is 89.5 Å². The van der Waals surface area contributed by atoms with Crippen LogP contribution in [0, 0.1) is 6.92 Å². The molecule has 2 aromatic rings. The summed E-state index contributed by atoms with van der Waals surface area (Å²) in [5.41, 5.74) is 2.12. The van der Waals surface area contributed by atoms with Gasteiger partial charge in [-0.05, 0) is 37.1 Å². The van der Waals surface area contributed by atoms with E-state index in [1.807, 2.05) is 6.92 Å². The lowest BCUT2D eigenvalue weighted by Gasteiger charge is -2.08. The summed E-state index contributed by atoms with van der Waals surface area (Å²) in [5.74, 6) is -0.906. The van der Waals surface area contributed by atoms with Gasteiger partial charge in [-0.15, -0.1) is 0 Å². The van der Waals surface area contributed by atoms with Crippen LogP contribution in [0.3, 0.4) is 0 Å². The quantitative estimate of drug-likeness (QED) is 0.659. The summed E-state index contributed by atoms with van der Waals surface area (Å²) in [6.45, 7) is 1.74. The van der Waals surface area contributed by atoms with Crippen LogP contribution in [-0.4, -0.2) is 26.8 Å². The maximum Gasteiger partial charge on any atom is 0.296 e. The number of carbonyl (C=O) groups is 2. The average Bonchev–Trinajstić information content (AvgIpc) is 2.83. The molecule has 0 unspecified atom stereocenters. The molecule has 0 aliphatic carbocycles. The number of fused-ring (bicyclic) bond motifs is 1. The molecule has 1 aliphatic heterocycles. The molecule has 124 valence electrons. The first-order chi connectivity index (χ1) is 11.4. The Labute approximate surface area is 139 Å². The van der Waals surface area contributed by atoms with Gasteiger partial charge in [0.05, 0.1) is 22.6 Å². The molecule has 0 bridgehead atoms. The zero-order chi connectivity index (χ0) is 17.3. The molecule has 0 aromatic heterocycles. The van der Waals surface area contributed by atoms with Crippen LogP contribution in [0.2, 0.25) is 0 Å². The smallest absolute Gasteiger partial charge is 0.288 e. The minimum Gasteiger partial charge on any atom is -0.288 e. The van der Waals surface area contributed by atoms with Crippen molar-refractivity contribution < 1.29 is 22.2 Å². The van der Waals surface area contributed by atoms with Crippen molar-refractivity contribution in [1.82, 2.24) is 5.32 Å². The van der Waals surface area contributed by atoms with Crippen LogP contribution >= 0.6 is 0 Å². The Kier molecular flexibility index (Phi) is 4.21. The van der Waals surface area contributed by atoms with Gasteiger partial charge in [-0.25, -0.2) is 0 Å². The highest BCUT2D eigenvalue weighted by atomic mass is 32.2. The first-order valence-corrected chi connectivity index (χ1v) is 8.73. The second-order valence-corrected chi connectivity index (χ2v) is 7.08. The van der Waals surface area contributed by atoms with E-state index in [1.54, 1.807) is 30.3 Å². The van der Waals surface area contributed by atoms with Gasteiger partial charge in [0.15, 0.2) is 0 Å². The molecule has 24 heavy (non-hydrogen) atoms. The molecule has 0 atom stereocenters. The minimum atomic E-state index is -3.85. The van der Waals surface area contributed by atoms with E-state index < -0.39 is 21.9 Å². The Hall–Kier alpha value is -2.51. The van der Waals surface area contributed by atoms with E-state index in [-0.39, 0.29) is 17.9 Å². The third kappa shape index (κ3) is 3.08. The molecule has 0 saturated carbocycles. The molecule has 7 heteroatoms. The van der Waals surface area contributed by atoms with Crippen LogP contribution in [0.1, 0.15) is 31.8 Å². The van der Waals surface area contributed by atoms with E-state index in [2.05, 4.69) is 5.32 Å². The third-order valence-corrected chi connectivity index (χ3v) is 5.10. The molecule has 1 heterocycles. The fraction of sp³-hybridized carbons (Fsp3) is 0.176. The SMILES string of the molecule is Cc1ccc(S(=O)(=O)OCCc2cccc3c2C(=O)NC3=O)cc1. The minimum absolute atomic E-state index is 0.0827. The first kappa shape index (κ1) is 16.4. The maximum atomic E-state index is 12.1. The van der Waals surface area contributed by atoms with Gasteiger partial charge in [-0.3, -0.25) is 19.1 Å². The monoisotopic (exact) mass is 345 g/mol. The highest BCUT2D eigenvalue weighted by molar-refractivity contribution is 7.86. The van der Waals surface area contributed by atoms with Gasteiger partial charge >= 0.3 is 0 Å². The van der Waals surface area contributed by atoms with Crippen molar-refractivity contribution in [2.24, 2.45) is 0 Å². The molecule has 2 amide bonds. The first-order valence-electron chi connectivity index (χ1n) is 7.32. The van der Waals surface area contributed by atoms with Crippen LogP contribution in [0.25, 0.3) is 0 Å². The summed E-state index contributed by atoms with van der Waals surface area (Å²) in [7, 11) is -3.85. The number of amides is 2. The van der Waals surface area contributed by atoms with Crippen molar-refractivity contribution in [1.29, 1.82) is 0 Å². The van der Waals surface area contributed by atoms with Crippen molar-refractivity contribution in [3.05, 3.63) is 64.7 Å². The lowest BCUT2D eigenvalue weighted by molar-refractivity contribution is 0.0879. The summed E-state index contributed by atoms with van der Waals surface area (Å²) < 4.78 is 29.3. The van der Waals surface area contributed by atoms with Crippen molar-refractivity contribution in [3.8, 4) is 0 Å². The van der Waals surface area contributed by atoms with Crippen molar-refractivity contribution in [3.63, 3.8) is 0 Å². The van der Waals surface area contributed by atoms with Gasteiger partial charge in [0.1, 0.15) is 0 Å². The van der Waals surface area contributed by atoms with E-state index in [0.717, 1.165) is 5.56 Å². The predicted octanol–water partition coefficient (Wildman–Crippen LogP) is 1.83. The Bertz CT molecular complexity index is 916. The molecule has 0 radical (unpaired) electrons. The van der Waals surface area contributed by atoms with E-state index in [9.17, 15) is 18.0 Å². The second kappa shape index (κ2) is 6.18. The van der Waals surface area contributed by atoms with Crippen molar-refractivity contribution >= 4 is 21.9 Å². The Morgan fingerprint density at radius 3 is 2.42 bits per heavy atom. The fourth-order valence-corrected chi connectivity index (χ4v) is 3.44. The number of carbonyl (C=O) groups excluding carboxylic acids is 2. The van der Waals surface area contributed by atoms with E-state index in [4.69, 9.17) is 4.18 Å². The standard InChI is InChI=1S/C17H15NO5S/c1-11-5-7-13(8-6-11)24(21,22)23-10-9-12-3-2-4-14-15(12)17(20)18-16(14)19/h2-8H,9-10H2,1H3,(H,18,19,20). The van der Waals surface area contributed by atoms with Gasteiger partial charge in [0.2, 0.25) is 0 Å². The van der Waals surface area contributed by atoms with Crippen LogP contribution in [0.15, 0.2) is 47.4 Å². The molecular weight excluding hydrogens is 330 g/mol. The third-order valence-electron chi connectivity index (χ3n) is 3.77.